The van der Waals surface area contributed by atoms with Crippen LogP contribution in [-0.2, 0) is 9.84 Å². The first kappa shape index (κ1) is 22.1. The number of anilines is 1. The van der Waals surface area contributed by atoms with Gasteiger partial charge in [0.25, 0.3) is 5.91 Å². The maximum atomic E-state index is 14.2. The number of nitrogens with one attached hydrogen (secondary N) is 1. The molecule has 1 aromatic heterocycles. The van der Waals surface area contributed by atoms with Crippen molar-refractivity contribution in [3.05, 3.63) is 71.1 Å². The Labute approximate surface area is 185 Å². The number of carbonyl (C=O) groups excluding carboxylic acids is 1. The Hall–Kier alpha value is -3.07. The van der Waals surface area contributed by atoms with Gasteiger partial charge in [0.2, 0.25) is 0 Å². The molecule has 1 aliphatic rings. The molecule has 6 nitrogen and oxygen atoms in total. The van der Waals surface area contributed by atoms with Crippen molar-refractivity contribution >= 4 is 21.4 Å². The molecule has 1 heterocycles. The molecule has 0 aliphatic heterocycles. The lowest BCUT2D eigenvalue weighted by atomic mass is 10.1. The van der Waals surface area contributed by atoms with Crippen LogP contribution in [0.3, 0.4) is 0 Å². The Balaban J connectivity index is 1.62. The number of carbonyl (C=O) groups is 1. The van der Waals surface area contributed by atoms with Crippen LogP contribution < -0.4 is 5.32 Å². The molecule has 168 valence electrons. The second-order valence-electron chi connectivity index (χ2n) is 7.99. The minimum absolute atomic E-state index is 0.0238. The number of aryl methyl sites for hydroxylation is 1. The monoisotopic (exact) mass is 459 g/mol. The van der Waals surface area contributed by atoms with Gasteiger partial charge in [0.15, 0.2) is 15.7 Å². The molecule has 1 amide bonds. The Bertz CT molecular complexity index is 1300. The third-order valence-electron chi connectivity index (χ3n) is 5.82. The molecular weight excluding hydrogens is 436 g/mol. The molecule has 0 bridgehead atoms. The van der Waals surface area contributed by atoms with Crippen LogP contribution in [0.15, 0.2) is 47.4 Å². The summed E-state index contributed by atoms with van der Waals surface area (Å²) in [6, 6.07) is 9.32. The van der Waals surface area contributed by atoms with Gasteiger partial charge in [-0.2, -0.15) is 5.10 Å². The number of hydrogen-bond acceptors (Lipinski definition) is 4. The number of aromatic nitrogens is 2. The minimum Gasteiger partial charge on any atom is -0.322 e. The average molecular weight is 460 g/mol. The van der Waals surface area contributed by atoms with Crippen LogP contribution in [-0.4, -0.2) is 29.4 Å². The van der Waals surface area contributed by atoms with Crippen molar-refractivity contribution in [2.24, 2.45) is 0 Å². The molecule has 2 aromatic carbocycles. The highest BCUT2D eigenvalue weighted by atomic mass is 32.2. The number of hydrogen-bond donors (Lipinski definition) is 1. The van der Waals surface area contributed by atoms with Crippen molar-refractivity contribution in [2.45, 2.75) is 49.7 Å². The molecule has 0 spiro atoms. The lowest BCUT2D eigenvalue weighted by molar-refractivity contribution is 0.102. The van der Waals surface area contributed by atoms with Crippen LogP contribution in [0.5, 0.6) is 0 Å². The summed E-state index contributed by atoms with van der Waals surface area (Å²) in [4.78, 5) is 13.2. The Morgan fingerprint density at radius 1 is 1.09 bits per heavy atom. The number of nitrogens with zero attached hydrogens (tertiary/aromatic N) is 2. The van der Waals surface area contributed by atoms with Gasteiger partial charge in [-0.25, -0.2) is 21.9 Å². The first-order valence-corrected chi connectivity index (χ1v) is 11.9. The van der Waals surface area contributed by atoms with Crippen molar-refractivity contribution in [3.8, 4) is 5.69 Å². The molecule has 0 radical (unpaired) electrons. The maximum Gasteiger partial charge on any atom is 0.259 e. The van der Waals surface area contributed by atoms with Gasteiger partial charge in [-0.15, -0.1) is 0 Å². The Morgan fingerprint density at radius 3 is 2.50 bits per heavy atom. The normalized spacial score (nSPS) is 14.6. The lowest BCUT2D eigenvalue weighted by Crippen LogP contribution is -2.18. The van der Waals surface area contributed by atoms with E-state index in [4.69, 9.17) is 0 Å². The van der Waals surface area contributed by atoms with Crippen molar-refractivity contribution in [2.75, 3.05) is 5.32 Å². The van der Waals surface area contributed by atoms with Crippen molar-refractivity contribution in [3.63, 3.8) is 0 Å². The highest BCUT2D eigenvalue weighted by Gasteiger charge is 2.30. The van der Waals surface area contributed by atoms with Crippen LogP contribution in [0.1, 0.15) is 47.4 Å². The van der Waals surface area contributed by atoms with E-state index in [2.05, 4.69) is 10.4 Å². The van der Waals surface area contributed by atoms with Crippen LogP contribution in [0.2, 0.25) is 0 Å². The number of rotatable bonds is 5. The second kappa shape index (κ2) is 8.46. The molecule has 32 heavy (non-hydrogen) atoms. The zero-order chi connectivity index (χ0) is 23.0. The fraction of sp³-hybridized carbons (Fsp3) is 0.304. The van der Waals surface area contributed by atoms with Crippen LogP contribution in [0.4, 0.5) is 14.5 Å². The Kier molecular flexibility index (Phi) is 5.85. The van der Waals surface area contributed by atoms with Gasteiger partial charge in [-0.3, -0.25) is 4.79 Å². The number of amides is 1. The van der Waals surface area contributed by atoms with Crippen molar-refractivity contribution in [1.29, 1.82) is 0 Å². The summed E-state index contributed by atoms with van der Waals surface area (Å²) in [6.07, 6.45) is 3.10. The first-order valence-electron chi connectivity index (χ1n) is 10.4. The van der Waals surface area contributed by atoms with E-state index in [1.165, 1.54) is 22.9 Å². The second-order valence-corrected chi connectivity index (χ2v) is 10.2. The minimum atomic E-state index is -3.46. The SMILES string of the molecule is Cc1nn(-c2ccc(F)cc2F)c(C)c1C(=O)Nc1cccc(S(=O)(=O)C2CCCC2)c1. The molecule has 1 N–H and O–H groups in total. The summed E-state index contributed by atoms with van der Waals surface area (Å²) in [7, 11) is -3.46. The molecular formula is C23H23F2N3O3S. The van der Waals surface area contributed by atoms with Gasteiger partial charge >= 0.3 is 0 Å². The van der Waals surface area contributed by atoms with Crippen LogP contribution in [0.25, 0.3) is 5.69 Å². The molecule has 1 fully saturated rings. The molecule has 3 aromatic rings. The number of sulfone groups is 1. The predicted molar refractivity (Wildman–Crippen MR) is 117 cm³/mol. The molecule has 1 saturated carbocycles. The van der Waals surface area contributed by atoms with Gasteiger partial charge in [0, 0.05) is 11.8 Å². The van der Waals surface area contributed by atoms with Gasteiger partial charge in [-0.1, -0.05) is 18.9 Å². The van der Waals surface area contributed by atoms with Crippen LogP contribution >= 0.6 is 0 Å². The summed E-state index contributed by atoms with van der Waals surface area (Å²) in [5.41, 5.74) is 1.33. The standard InChI is InChI=1S/C23H23F2N3O3S/c1-14-22(15(2)28(27-14)21-11-10-16(24)12-20(21)25)23(29)26-17-6-5-9-19(13-17)32(30,31)18-7-3-4-8-18/h5-6,9-13,18H,3-4,7-8H2,1-2H3,(H,26,29). The van der Waals surface area contributed by atoms with Crippen LogP contribution in [0, 0.1) is 25.5 Å². The fourth-order valence-corrected chi connectivity index (χ4v) is 6.09. The van der Waals surface area contributed by atoms with Crippen molar-refractivity contribution < 1.29 is 22.0 Å². The predicted octanol–water partition coefficient (Wildman–Crippen LogP) is 4.74. The molecule has 0 atom stereocenters. The van der Waals surface area contributed by atoms with E-state index in [1.807, 2.05) is 0 Å². The third-order valence-corrected chi connectivity index (χ3v) is 8.08. The Morgan fingerprint density at radius 2 is 1.81 bits per heavy atom. The lowest BCUT2D eigenvalue weighted by Gasteiger charge is -2.13. The third kappa shape index (κ3) is 4.04. The average Bonchev–Trinajstić information content (AvgIpc) is 3.37. The molecule has 4 rings (SSSR count). The summed E-state index contributed by atoms with van der Waals surface area (Å²) in [6.45, 7) is 3.22. The molecule has 0 unspecified atom stereocenters. The maximum absolute atomic E-state index is 14.2. The topological polar surface area (TPSA) is 81.1 Å². The summed E-state index contributed by atoms with van der Waals surface area (Å²) >= 11 is 0. The largest absolute Gasteiger partial charge is 0.322 e. The van der Waals surface area contributed by atoms with E-state index in [0.29, 0.717) is 29.9 Å². The molecule has 1 aliphatic carbocycles. The highest BCUT2D eigenvalue weighted by molar-refractivity contribution is 7.92. The fourth-order valence-electron chi connectivity index (χ4n) is 4.19. The van der Waals surface area contributed by atoms with Gasteiger partial charge < -0.3 is 5.32 Å². The quantitative estimate of drug-likeness (QED) is 0.598. The smallest absolute Gasteiger partial charge is 0.259 e. The van der Waals surface area contributed by atoms with E-state index in [-0.39, 0.29) is 21.4 Å². The van der Waals surface area contributed by atoms with E-state index in [0.717, 1.165) is 25.0 Å². The van der Waals surface area contributed by atoms with E-state index in [9.17, 15) is 22.0 Å². The first-order chi connectivity index (χ1) is 15.2. The van der Waals surface area contributed by atoms with E-state index in [1.54, 1.807) is 26.0 Å². The van der Waals surface area contributed by atoms with Gasteiger partial charge in [0.1, 0.15) is 11.5 Å². The van der Waals surface area contributed by atoms with Crippen molar-refractivity contribution in [1.82, 2.24) is 9.78 Å². The number of halogens is 2. The molecule has 0 saturated heterocycles. The summed E-state index contributed by atoms with van der Waals surface area (Å²) in [5.74, 6) is -2.00. The number of benzene rings is 2. The van der Waals surface area contributed by atoms with Gasteiger partial charge in [-0.05, 0) is 57.0 Å². The molecule has 9 heteroatoms. The highest BCUT2D eigenvalue weighted by Crippen LogP contribution is 2.31. The summed E-state index contributed by atoms with van der Waals surface area (Å²) in [5, 5.41) is 6.57. The summed E-state index contributed by atoms with van der Waals surface area (Å²) < 4.78 is 54.5. The van der Waals surface area contributed by atoms with E-state index < -0.39 is 27.4 Å². The van der Waals surface area contributed by atoms with Gasteiger partial charge in [0.05, 0.1) is 27.1 Å². The van der Waals surface area contributed by atoms with E-state index >= 15 is 0 Å². The zero-order valence-corrected chi connectivity index (χ0v) is 18.5. The zero-order valence-electron chi connectivity index (χ0n) is 17.7.